The quantitative estimate of drug-likeness (QED) is 0.262. The van der Waals surface area contributed by atoms with Crippen molar-refractivity contribution in [3.8, 4) is 11.8 Å². The van der Waals surface area contributed by atoms with Crippen LogP contribution in [0, 0.1) is 22.7 Å². The number of esters is 2. The molecule has 1 unspecified atom stereocenters. The van der Waals surface area contributed by atoms with Gasteiger partial charge in [0, 0.05) is 11.9 Å². The van der Waals surface area contributed by atoms with E-state index < -0.39 is 74.2 Å². The fourth-order valence-corrected chi connectivity index (χ4v) is 5.64. The number of amides is 2. The molecule has 1 saturated heterocycles. The van der Waals surface area contributed by atoms with Crippen molar-refractivity contribution in [1.82, 2.24) is 15.3 Å². The first kappa shape index (κ1) is 32.8. The summed E-state index contributed by atoms with van der Waals surface area (Å²) < 4.78 is 42.5. The third-order valence-corrected chi connectivity index (χ3v) is 7.97. The van der Waals surface area contributed by atoms with Crippen LogP contribution in [0.15, 0.2) is 54.9 Å². The molecule has 2 aliphatic heterocycles. The van der Waals surface area contributed by atoms with Crippen LogP contribution in [0.4, 0.5) is 4.79 Å². The van der Waals surface area contributed by atoms with Crippen LogP contribution >= 0.6 is 7.75 Å². The fraction of sp³-hybridized carbons (Fsp3) is 0.500. The van der Waals surface area contributed by atoms with E-state index in [4.69, 9.17) is 23.3 Å². The van der Waals surface area contributed by atoms with Gasteiger partial charge in [-0.2, -0.15) is 10.3 Å². The minimum absolute atomic E-state index is 0.183. The van der Waals surface area contributed by atoms with Crippen LogP contribution in [-0.4, -0.2) is 60.1 Å². The Bertz CT molecular complexity index is 1300. The number of benzene rings is 1. The van der Waals surface area contributed by atoms with Gasteiger partial charge >= 0.3 is 25.7 Å². The van der Waals surface area contributed by atoms with E-state index in [0.717, 1.165) is 4.90 Å². The Morgan fingerprint density at radius 1 is 1.21 bits per heavy atom. The third-order valence-electron chi connectivity index (χ3n) is 6.33. The van der Waals surface area contributed by atoms with E-state index in [1.165, 1.54) is 26.1 Å². The lowest BCUT2D eigenvalue weighted by Crippen LogP contribution is -2.52. The number of para-hydroxylation sites is 1. The molecule has 14 heteroatoms. The number of carbonyl (C=O) groups excluding carboxylic acids is 3. The van der Waals surface area contributed by atoms with E-state index in [0.29, 0.717) is 5.70 Å². The van der Waals surface area contributed by atoms with Crippen molar-refractivity contribution in [3.63, 3.8) is 0 Å². The average molecular weight is 605 g/mol. The molecule has 0 spiro atoms. The van der Waals surface area contributed by atoms with E-state index in [-0.39, 0.29) is 5.75 Å². The minimum atomic E-state index is -4.32. The zero-order valence-corrected chi connectivity index (χ0v) is 25.3. The molecule has 0 saturated carbocycles. The third kappa shape index (κ3) is 7.77. The lowest BCUT2D eigenvalue weighted by Gasteiger charge is -2.35. The van der Waals surface area contributed by atoms with Gasteiger partial charge in [-0.15, -0.1) is 0 Å². The molecule has 1 fully saturated rings. The Morgan fingerprint density at radius 3 is 2.45 bits per heavy atom. The molecule has 2 N–H and O–H groups in total. The molecule has 0 aliphatic carbocycles. The number of nitrogens with one attached hydrogen (secondary N) is 2. The van der Waals surface area contributed by atoms with Gasteiger partial charge < -0.3 is 24.1 Å². The summed E-state index contributed by atoms with van der Waals surface area (Å²) in [4.78, 5) is 39.1. The molecule has 0 aromatic heterocycles. The summed E-state index contributed by atoms with van der Waals surface area (Å²) in [6.45, 7) is 12.7. The molecular weight excluding hydrogens is 567 g/mol. The minimum Gasteiger partial charge on any atom is -0.462 e. The Kier molecular flexibility index (Phi) is 10.6. The molecule has 1 aromatic rings. The Hall–Kier alpha value is -3.69. The predicted molar refractivity (Wildman–Crippen MR) is 150 cm³/mol. The highest BCUT2D eigenvalue weighted by Gasteiger charge is 2.60. The van der Waals surface area contributed by atoms with Crippen LogP contribution in [-0.2, 0) is 32.9 Å². The number of carbonyl (C=O) groups is 3. The number of nitrogens with zero attached hydrogens (tertiary/aromatic N) is 2. The number of allylic oxidation sites excluding steroid dienone is 1. The van der Waals surface area contributed by atoms with E-state index >= 15 is 0 Å². The number of urea groups is 1. The molecule has 2 amide bonds. The van der Waals surface area contributed by atoms with E-state index in [9.17, 15) is 24.2 Å². The van der Waals surface area contributed by atoms with Crippen molar-refractivity contribution in [3.05, 3.63) is 54.9 Å². The van der Waals surface area contributed by atoms with Gasteiger partial charge in [0.2, 0.25) is 0 Å². The Labute approximate surface area is 245 Å². The summed E-state index contributed by atoms with van der Waals surface area (Å²) in [6, 6.07) is 8.57. The van der Waals surface area contributed by atoms with Crippen molar-refractivity contribution < 1.29 is 42.2 Å². The van der Waals surface area contributed by atoms with Crippen LogP contribution in [0.5, 0.6) is 5.75 Å². The summed E-state index contributed by atoms with van der Waals surface area (Å²) >= 11 is 0. The van der Waals surface area contributed by atoms with Gasteiger partial charge in [-0.3, -0.25) is 19.0 Å². The largest absolute Gasteiger partial charge is 0.462 e. The predicted octanol–water partition coefficient (Wildman–Crippen LogP) is 3.99. The van der Waals surface area contributed by atoms with Crippen LogP contribution < -0.4 is 14.9 Å². The van der Waals surface area contributed by atoms with Crippen molar-refractivity contribution in [2.24, 2.45) is 11.3 Å². The standard InChI is InChI=1S/C28H37N4O9P/c1-17(2)24(33)40-23-22(39-26(28(23,7)16-29)32-14-13-19(5)30-27(32)35)15-37-42(36,41-21-11-9-8-10-12-21)31-20(6)25(34)38-18(3)4/h8-14,17-18,20,22-23,26H,5,15H2,1-4,6-7H3,(H,30,35)(H,31,36)/t20-,22+,23+,26+,28+,42?/m0/s1. The second kappa shape index (κ2) is 13.5. The lowest BCUT2D eigenvalue weighted by molar-refractivity contribution is -0.159. The smallest absolute Gasteiger partial charge is 0.459 e. The number of nitriles is 1. The second-order valence-electron chi connectivity index (χ2n) is 10.6. The maximum absolute atomic E-state index is 14.0. The second-order valence-corrected chi connectivity index (χ2v) is 12.3. The van der Waals surface area contributed by atoms with Gasteiger partial charge in [0.1, 0.15) is 23.3 Å². The van der Waals surface area contributed by atoms with Gasteiger partial charge in [-0.25, -0.2) is 9.36 Å². The van der Waals surface area contributed by atoms with E-state index in [1.54, 1.807) is 58.0 Å². The van der Waals surface area contributed by atoms with Gasteiger partial charge in [-0.05, 0) is 45.9 Å². The molecule has 2 aliphatic rings. The first-order chi connectivity index (χ1) is 19.7. The van der Waals surface area contributed by atoms with Gasteiger partial charge in [-0.1, -0.05) is 38.6 Å². The number of rotatable bonds is 12. The normalized spacial score (nSPS) is 25.9. The molecule has 228 valence electrons. The topological polar surface area (TPSA) is 166 Å². The van der Waals surface area contributed by atoms with E-state index in [1.807, 2.05) is 0 Å². The van der Waals surface area contributed by atoms with Crippen molar-refractivity contribution in [1.29, 1.82) is 5.26 Å². The highest BCUT2D eigenvalue weighted by Crippen LogP contribution is 2.48. The van der Waals surface area contributed by atoms with Crippen LogP contribution in [0.2, 0.25) is 0 Å². The molecule has 1 aromatic carbocycles. The van der Waals surface area contributed by atoms with Crippen LogP contribution in [0.1, 0.15) is 41.5 Å². The Balaban J connectivity index is 1.93. The molecule has 13 nitrogen and oxygen atoms in total. The molecule has 6 atom stereocenters. The summed E-state index contributed by atoms with van der Waals surface area (Å²) in [5, 5.41) is 15.4. The first-order valence-corrected chi connectivity index (χ1v) is 14.9. The zero-order valence-electron chi connectivity index (χ0n) is 24.4. The average Bonchev–Trinajstić information content (AvgIpc) is 3.19. The summed E-state index contributed by atoms with van der Waals surface area (Å²) in [7, 11) is -4.32. The maximum Gasteiger partial charge on any atom is 0.459 e. The molecule has 0 bridgehead atoms. The SMILES string of the molecule is C=C1C=CN([C@@H]2O[C@H](COP(=O)(N[C@@H](C)C(=O)OC(C)C)Oc3ccccc3)[C@@H](OC(=O)C(C)C)[C@@]2(C)C#N)C(=O)N1. The zero-order chi connectivity index (χ0) is 31.2. The fourth-order valence-electron chi connectivity index (χ4n) is 4.14. The number of hydrogen-bond acceptors (Lipinski definition) is 10. The molecule has 2 heterocycles. The summed E-state index contributed by atoms with van der Waals surface area (Å²) in [5.74, 6) is -1.66. The number of hydrogen-bond donors (Lipinski definition) is 2. The number of ether oxygens (including phenoxy) is 3. The van der Waals surface area contributed by atoms with Crippen LogP contribution in [0.3, 0.4) is 0 Å². The van der Waals surface area contributed by atoms with Crippen molar-refractivity contribution in [2.45, 2.75) is 72.1 Å². The first-order valence-electron chi connectivity index (χ1n) is 13.4. The summed E-state index contributed by atoms with van der Waals surface area (Å²) in [6.07, 6.45) is -1.15. The highest BCUT2D eigenvalue weighted by atomic mass is 31.2. The maximum atomic E-state index is 14.0. The van der Waals surface area contributed by atoms with Crippen LogP contribution in [0.25, 0.3) is 0 Å². The highest BCUT2D eigenvalue weighted by molar-refractivity contribution is 7.52. The van der Waals surface area contributed by atoms with Gasteiger partial charge in [0.05, 0.1) is 24.7 Å². The van der Waals surface area contributed by atoms with Crippen molar-refractivity contribution in [2.75, 3.05) is 6.61 Å². The van der Waals surface area contributed by atoms with E-state index in [2.05, 4.69) is 23.1 Å². The molecule has 0 radical (unpaired) electrons. The molecule has 3 rings (SSSR count). The Morgan fingerprint density at radius 2 is 1.88 bits per heavy atom. The summed E-state index contributed by atoms with van der Waals surface area (Å²) in [5.41, 5.74) is -1.24. The van der Waals surface area contributed by atoms with Gasteiger partial charge in [0.15, 0.2) is 12.3 Å². The molecular formula is C28H37N4O9P. The monoisotopic (exact) mass is 604 g/mol. The lowest BCUT2D eigenvalue weighted by atomic mass is 9.83. The van der Waals surface area contributed by atoms with Gasteiger partial charge in [0.25, 0.3) is 0 Å². The molecule has 42 heavy (non-hydrogen) atoms. The van der Waals surface area contributed by atoms with Crippen molar-refractivity contribution >= 4 is 25.7 Å².